The first kappa shape index (κ1) is 11.9. The van der Waals surface area contributed by atoms with Gasteiger partial charge in [-0.25, -0.2) is 0 Å². The molecule has 16 heavy (non-hydrogen) atoms. The maximum atomic E-state index is 11.9. The fourth-order valence-corrected chi connectivity index (χ4v) is 2.30. The zero-order valence-electron chi connectivity index (χ0n) is 8.59. The van der Waals surface area contributed by atoms with Crippen molar-refractivity contribution < 1.29 is 4.79 Å². The molecule has 1 aromatic rings. The van der Waals surface area contributed by atoms with Crippen molar-refractivity contribution in [1.29, 1.82) is 0 Å². The van der Waals surface area contributed by atoms with Crippen LogP contribution in [0.25, 0.3) is 0 Å². The van der Waals surface area contributed by atoms with Crippen LogP contribution in [0.5, 0.6) is 0 Å². The van der Waals surface area contributed by atoms with Crippen molar-refractivity contribution in [2.45, 2.75) is 12.5 Å². The molecule has 2 N–H and O–H groups in total. The van der Waals surface area contributed by atoms with Gasteiger partial charge in [-0.1, -0.05) is 17.7 Å². The molecule has 0 saturated carbocycles. The summed E-state index contributed by atoms with van der Waals surface area (Å²) in [5.41, 5.74) is 0.517. The van der Waals surface area contributed by atoms with E-state index < -0.39 is 0 Å². The summed E-state index contributed by atoms with van der Waals surface area (Å²) in [5, 5.41) is 6.62. The van der Waals surface area contributed by atoms with E-state index >= 15 is 0 Å². The summed E-state index contributed by atoms with van der Waals surface area (Å²) in [6, 6.07) is 5.56. The summed E-state index contributed by atoms with van der Waals surface area (Å²) in [4.78, 5) is 11.9. The summed E-state index contributed by atoms with van der Waals surface area (Å²) in [7, 11) is 0. The van der Waals surface area contributed by atoms with Gasteiger partial charge in [0.15, 0.2) is 0 Å². The Hall–Kier alpha value is -0.580. The Bertz CT molecular complexity index is 405. The topological polar surface area (TPSA) is 41.1 Å². The minimum atomic E-state index is -0.111. The summed E-state index contributed by atoms with van der Waals surface area (Å²) in [6.07, 6.45) is 0.970. The summed E-state index contributed by atoms with van der Waals surface area (Å²) < 4.78 is 0.742. The number of hydrogen-bond donors (Lipinski definition) is 2. The molecule has 0 aliphatic carbocycles. The monoisotopic (exact) mass is 302 g/mol. The third-order valence-corrected chi connectivity index (χ3v) is 3.89. The van der Waals surface area contributed by atoms with E-state index in [1.807, 2.05) is 6.07 Å². The molecular formula is C11H12BrClN2O. The highest BCUT2D eigenvalue weighted by atomic mass is 79.9. The number of halogens is 2. The van der Waals surface area contributed by atoms with E-state index in [9.17, 15) is 4.79 Å². The second kappa shape index (κ2) is 5.17. The van der Waals surface area contributed by atoms with Crippen molar-refractivity contribution in [3.63, 3.8) is 0 Å². The fraction of sp³-hybridized carbons (Fsp3) is 0.364. The molecule has 1 aliphatic heterocycles. The van der Waals surface area contributed by atoms with Gasteiger partial charge in [-0.3, -0.25) is 4.79 Å². The van der Waals surface area contributed by atoms with Crippen molar-refractivity contribution in [3.05, 3.63) is 33.3 Å². The highest BCUT2D eigenvalue weighted by Gasteiger charge is 2.19. The van der Waals surface area contributed by atoms with Crippen molar-refractivity contribution in [2.75, 3.05) is 13.1 Å². The smallest absolute Gasteiger partial charge is 0.253 e. The molecule has 1 unspecified atom stereocenters. The molecule has 86 valence electrons. The average Bonchev–Trinajstić information content (AvgIpc) is 2.74. The Morgan fingerprint density at radius 2 is 2.38 bits per heavy atom. The predicted molar refractivity (Wildman–Crippen MR) is 67.9 cm³/mol. The van der Waals surface area contributed by atoms with Crippen LogP contribution in [0.2, 0.25) is 5.02 Å². The number of hydrogen-bond acceptors (Lipinski definition) is 2. The van der Waals surface area contributed by atoms with Gasteiger partial charge in [0, 0.05) is 17.1 Å². The van der Waals surface area contributed by atoms with Crippen LogP contribution in [0.4, 0.5) is 0 Å². The van der Waals surface area contributed by atoms with E-state index in [0.29, 0.717) is 10.6 Å². The molecule has 2 rings (SSSR count). The van der Waals surface area contributed by atoms with Gasteiger partial charge < -0.3 is 10.6 Å². The van der Waals surface area contributed by atoms with Gasteiger partial charge in [-0.15, -0.1) is 0 Å². The van der Waals surface area contributed by atoms with E-state index in [1.165, 1.54) is 0 Å². The van der Waals surface area contributed by atoms with Crippen LogP contribution in [-0.4, -0.2) is 25.0 Å². The van der Waals surface area contributed by atoms with Gasteiger partial charge in [-0.2, -0.15) is 0 Å². The lowest BCUT2D eigenvalue weighted by molar-refractivity contribution is 0.0940. The van der Waals surface area contributed by atoms with E-state index in [1.54, 1.807) is 12.1 Å². The van der Waals surface area contributed by atoms with E-state index in [0.717, 1.165) is 24.0 Å². The number of carbonyl (C=O) groups excluding carboxylic acids is 1. The van der Waals surface area contributed by atoms with Crippen molar-refractivity contribution >= 4 is 33.4 Å². The molecule has 0 bridgehead atoms. The zero-order chi connectivity index (χ0) is 11.5. The summed E-state index contributed by atoms with van der Waals surface area (Å²) >= 11 is 9.35. The van der Waals surface area contributed by atoms with E-state index in [4.69, 9.17) is 11.6 Å². The molecule has 1 heterocycles. The number of nitrogens with one attached hydrogen (secondary N) is 2. The number of benzene rings is 1. The van der Waals surface area contributed by atoms with Gasteiger partial charge in [0.05, 0.1) is 10.6 Å². The fourth-order valence-electron chi connectivity index (χ4n) is 1.72. The van der Waals surface area contributed by atoms with Gasteiger partial charge >= 0.3 is 0 Å². The quantitative estimate of drug-likeness (QED) is 0.879. The zero-order valence-corrected chi connectivity index (χ0v) is 10.9. The third-order valence-electron chi connectivity index (χ3n) is 2.59. The molecule has 1 aliphatic rings. The molecule has 3 nitrogen and oxygen atoms in total. The molecule has 1 saturated heterocycles. The lowest BCUT2D eigenvalue weighted by Crippen LogP contribution is -2.36. The second-order valence-electron chi connectivity index (χ2n) is 3.76. The Morgan fingerprint density at radius 3 is 3.06 bits per heavy atom. The van der Waals surface area contributed by atoms with Gasteiger partial charge in [0.25, 0.3) is 5.91 Å². The molecule has 1 fully saturated rings. The van der Waals surface area contributed by atoms with Crippen LogP contribution in [0.3, 0.4) is 0 Å². The normalized spacial score (nSPS) is 19.8. The van der Waals surface area contributed by atoms with Crippen molar-refractivity contribution in [1.82, 2.24) is 10.6 Å². The SMILES string of the molecule is O=C(NC1CCNC1)c1cccc(Br)c1Cl. The van der Waals surface area contributed by atoms with E-state index in [-0.39, 0.29) is 11.9 Å². The lowest BCUT2D eigenvalue weighted by Gasteiger charge is -2.12. The first-order valence-corrected chi connectivity index (χ1v) is 6.31. The van der Waals surface area contributed by atoms with Crippen LogP contribution in [0.1, 0.15) is 16.8 Å². The molecular weight excluding hydrogens is 291 g/mol. The molecule has 1 aromatic carbocycles. The first-order valence-electron chi connectivity index (χ1n) is 5.14. The highest BCUT2D eigenvalue weighted by Crippen LogP contribution is 2.25. The Morgan fingerprint density at radius 1 is 1.56 bits per heavy atom. The maximum absolute atomic E-state index is 11.9. The van der Waals surface area contributed by atoms with Gasteiger partial charge in [-0.05, 0) is 41.0 Å². The highest BCUT2D eigenvalue weighted by molar-refractivity contribution is 9.10. The number of rotatable bonds is 2. The predicted octanol–water partition coefficient (Wildman–Crippen LogP) is 2.19. The molecule has 1 amide bonds. The largest absolute Gasteiger partial charge is 0.348 e. The Kier molecular flexibility index (Phi) is 3.84. The molecule has 0 aromatic heterocycles. The van der Waals surface area contributed by atoms with Crippen LogP contribution in [0.15, 0.2) is 22.7 Å². The number of carbonyl (C=O) groups is 1. The molecule has 0 radical (unpaired) electrons. The van der Waals surface area contributed by atoms with Gasteiger partial charge in [0.2, 0.25) is 0 Å². The van der Waals surface area contributed by atoms with Crippen LogP contribution < -0.4 is 10.6 Å². The minimum Gasteiger partial charge on any atom is -0.348 e. The first-order chi connectivity index (χ1) is 7.68. The molecule has 1 atom stereocenters. The van der Waals surface area contributed by atoms with E-state index in [2.05, 4.69) is 26.6 Å². The third kappa shape index (κ3) is 2.56. The average molecular weight is 304 g/mol. The minimum absolute atomic E-state index is 0.111. The Labute approximate surface area is 108 Å². The standard InChI is InChI=1S/C11H12BrClN2O/c12-9-3-1-2-8(10(9)13)11(16)15-7-4-5-14-6-7/h1-3,7,14H,4-6H2,(H,15,16). The Balaban J connectivity index is 2.11. The van der Waals surface area contributed by atoms with Crippen LogP contribution in [0, 0.1) is 0 Å². The van der Waals surface area contributed by atoms with Crippen molar-refractivity contribution in [2.24, 2.45) is 0 Å². The van der Waals surface area contributed by atoms with Crippen LogP contribution >= 0.6 is 27.5 Å². The van der Waals surface area contributed by atoms with Crippen molar-refractivity contribution in [3.8, 4) is 0 Å². The van der Waals surface area contributed by atoms with Crippen LogP contribution in [-0.2, 0) is 0 Å². The molecule has 5 heteroatoms. The lowest BCUT2D eigenvalue weighted by atomic mass is 10.2. The van der Waals surface area contributed by atoms with Gasteiger partial charge in [0.1, 0.15) is 0 Å². The maximum Gasteiger partial charge on any atom is 0.253 e. The molecule has 0 spiro atoms. The summed E-state index contributed by atoms with van der Waals surface area (Å²) in [5.74, 6) is -0.111. The second-order valence-corrected chi connectivity index (χ2v) is 5.00. The summed E-state index contributed by atoms with van der Waals surface area (Å²) in [6.45, 7) is 1.79. The number of amides is 1.